The van der Waals surface area contributed by atoms with Crippen molar-refractivity contribution in [3.8, 4) is 0 Å². The Morgan fingerprint density at radius 1 is 0.882 bits per heavy atom. The van der Waals surface area contributed by atoms with Gasteiger partial charge in [-0.2, -0.15) is 0 Å². The summed E-state index contributed by atoms with van der Waals surface area (Å²) in [6, 6.07) is 0.790. The van der Waals surface area contributed by atoms with Gasteiger partial charge in [0.15, 0.2) is 0 Å². The lowest BCUT2D eigenvalue weighted by molar-refractivity contribution is 0.0955. The van der Waals surface area contributed by atoms with Gasteiger partial charge in [-0.25, -0.2) is 0 Å². The molecular formula is C15H27NO. The van der Waals surface area contributed by atoms with Crippen molar-refractivity contribution in [1.29, 1.82) is 0 Å². The molecule has 3 fully saturated rings. The van der Waals surface area contributed by atoms with Gasteiger partial charge in [0, 0.05) is 19.2 Å². The second-order valence-corrected chi connectivity index (χ2v) is 6.36. The molecule has 0 spiro atoms. The van der Waals surface area contributed by atoms with Gasteiger partial charge in [0.25, 0.3) is 0 Å². The smallest absolute Gasteiger partial charge is 0.0700 e. The molecule has 1 N–H and O–H groups in total. The summed E-state index contributed by atoms with van der Waals surface area (Å²) in [6.07, 6.45) is 13.4. The summed E-state index contributed by atoms with van der Waals surface area (Å²) in [7, 11) is 0. The molecule has 0 aromatic heterocycles. The zero-order valence-corrected chi connectivity index (χ0v) is 11.0. The van der Waals surface area contributed by atoms with Gasteiger partial charge in [0.1, 0.15) is 0 Å². The summed E-state index contributed by atoms with van der Waals surface area (Å²) < 4.78 is 5.69. The van der Waals surface area contributed by atoms with E-state index in [4.69, 9.17) is 4.74 Å². The lowest BCUT2D eigenvalue weighted by atomic mass is 9.69. The molecule has 1 aliphatic heterocycles. The Bertz CT molecular complexity index is 237. The minimum absolute atomic E-state index is 0.513. The topological polar surface area (TPSA) is 21.3 Å². The van der Waals surface area contributed by atoms with E-state index in [2.05, 4.69) is 5.32 Å². The molecule has 0 aromatic carbocycles. The van der Waals surface area contributed by atoms with Crippen LogP contribution in [0.2, 0.25) is 0 Å². The van der Waals surface area contributed by atoms with Gasteiger partial charge in [-0.15, -0.1) is 0 Å². The van der Waals surface area contributed by atoms with Crippen LogP contribution in [0.25, 0.3) is 0 Å². The van der Waals surface area contributed by atoms with Gasteiger partial charge >= 0.3 is 0 Å². The quantitative estimate of drug-likeness (QED) is 0.814. The Morgan fingerprint density at radius 3 is 2.59 bits per heavy atom. The van der Waals surface area contributed by atoms with Gasteiger partial charge in [0.05, 0.1) is 6.10 Å². The number of ether oxygens (including phenoxy) is 1. The van der Waals surface area contributed by atoms with E-state index < -0.39 is 0 Å². The maximum absolute atomic E-state index is 5.69. The summed E-state index contributed by atoms with van der Waals surface area (Å²) in [5.74, 6) is 2.11. The first kappa shape index (κ1) is 12.0. The zero-order valence-electron chi connectivity index (χ0n) is 11.0. The second-order valence-electron chi connectivity index (χ2n) is 6.36. The number of rotatable bonds is 3. The van der Waals surface area contributed by atoms with Crippen LogP contribution in [0, 0.1) is 11.8 Å². The van der Waals surface area contributed by atoms with Crippen molar-refractivity contribution in [2.24, 2.45) is 11.8 Å². The maximum Gasteiger partial charge on any atom is 0.0700 e. The number of hydrogen-bond acceptors (Lipinski definition) is 2. The zero-order chi connectivity index (χ0) is 11.5. The maximum atomic E-state index is 5.69. The van der Waals surface area contributed by atoms with Gasteiger partial charge in [0.2, 0.25) is 0 Å². The predicted octanol–water partition coefficient (Wildman–Crippen LogP) is 3.11. The van der Waals surface area contributed by atoms with Crippen molar-refractivity contribution in [2.75, 3.05) is 13.2 Å². The molecule has 2 aliphatic carbocycles. The molecule has 4 unspecified atom stereocenters. The van der Waals surface area contributed by atoms with E-state index in [0.29, 0.717) is 6.10 Å². The summed E-state index contributed by atoms with van der Waals surface area (Å²) in [4.78, 5) is 0. The highest BCUT2D eigenvalue weighted by Gasteiger charge is 2.32. The predicted molar refractivity (Wildman–Crippen MR) is 70.1 cm³/mol. The first-order chi connectivity index (χ1) is 8.42. The van der Waals surface area contributed by atoms with Crippen LogP contribution >= 0.6 is 0 Å². The second kappa shape index (κ2) is 5.71. The molecule has 0 bridgehead atoms. The van der Waals surface area contributed by atoms with Crippen LogP contribution in [0.4, 0.5) is 0 Å². The molecule has 0 aromatic rings. The first-order valence-corrected chi connectivity index (χ1v) is 7.77. The third-order valence-corrected chi connectivity index (χ3v) is 5.20. The number of hydrogen-bond donors (Lipinski definition) is 1. The molecule has 0 amide bonds. The first-order valence-electron chi connectivity index (χ1n) is 7.77. The highest BCUT2D eigenvalue weighted by atomic mass is 16.5. The summed E-state index contributed by atoms with van der Waals surface area (Å²) in [6.45, 7) is 2.09. The lowest BCUT2D eigenvalue weighted by Crippen LogP contribution is -2.41. The van der Waals surface area contributed by atoms with Gasteiger partial charge in [-0.05, 0) is 43.9 Å². The third-order valence-electron chi connectivity index (χ3n) is 5.20. The van der Waals surface area contributed by atoms with Crippen LogP contribution in [-0.4, -0.2) is 25.3 Å². The van der Waals surface area contributed by atoms with Crippen LogP contribution in [0.5, 0.6) is 0 Å². The van der Waals surface area contributed by atoms with Crippen LogP contribution in [0.15, 0.2) is 0 Å². The van der Waals surface area contributed by atoms with Crippen molar-refractivity contribution in [2.45, 2.75) is 69.9 Å². The van der Waals surface area contributed by atoms with Crippen LogP contribution in [0.1, 0.15) is 57.8 Å². The van der Waals surface area contributed by atoms with Crippen molar-refractivity contribution in [3.05, 3.63) is 0 Å². The van der Waals surface area contributed by atoms with E-state index in [1.165, 1.54) is 57.8 Å². The molecular weight excluding hydrogens is 210 g/mol. The fraction of sp³-hybridized carbons (Fsp3) is 1.00. The van der Waals surface area contributed by atoms with Crippen LogP contribution in [0.3, 0.4) is 0 Å². The summed E-state index contributed by atoms with van der Waals surface area (Å²) in [5.41, 5.74) is 0. The highest BCUT2D eigenvalue weighted by molar-refractivity contribution is 4.86. The molecule has 3 rings (SSSR count). The molecule has 2 saturated carbocycles. The van der Waals surface area contributed by atoms with E-state index in [1.807, 2.05) is 0 Å². The monoisotopic (exact) mass is 237 g/mol. The number of fused-ring (bicyclic) bond motifs is 1. The standard InChI is InChI=1S/C15H27NO/c1-2-5-13-10-14(8-7-12(13)4-1)16-11-15-6-3-9-17-15/h12-16H,1-11H2. The molecule has 0 radical (unpaired) electrons. The Morgan fingerprint density at radius 2 is 1.76 bits per heavy atom. The molecule has 17 heavy (non-hydrogen) atoms. The minimum Gasteiger partial charge on any atom is -0.377 e. The SMILES string of the molecule is C1COC(CNC2CCC3CCCCC3C2)C1. The van der Waals surface area contributed by atoms with Crippen molar-refractivity contribution < 1.29 is 4.74 Å². The van der Waals surface area contributed by atoms with Crippen LogP contribution < -0.4 is 5.32 Å². The highest BCUT2D eigenvalue weighted by Crippen LogP contribution is 2.40. The Hall–Kier alpha value is -0.0800. The molecule has 98 valence electrons. The third kappa shape index (κ3) is 3.03. The minimum atomic E-state index is 0.513. The summed E-state index contributed by atoms with van der Waals surface area (Å²) >= 11 is 0. The molecule has 4 atom stereocenters. The van der Waals surface area contributed by atoms with Gasteiger partial charge in [-0.3, -0.25) is 0 Å². The lowest BCUT2D eigenvalue weighted by Gasteiger charge is -2.39. The fourth-order valence-corrected chi connectivity index (χ4v) is 4.16. The van der Waals surface area contributed by atoms with Crippen LogP contribution in [-0.2, 0) is 4.74 Å². The van der Waals surface area contributed by atoms with E-state index in [-0.39, 0.29) is 0 Å². The van der Waals surface area contributed by atoms with Crippen molar-refractivity contribution in [3.63, 3.8) is 0 Å². The van der Waals surface area contributed by atoms with Gasteiger partial charge < -0.3 is 10.1 Å². The molecule has 2 nitrogen and oxygen atoms in total. The van der Waals surface area contributed by atoms with E-state index >= 15 is 0 Å². The molecule has 1 saturated heterocycles. The van der Waals surface area contributed by atoms with E-state index in [9.17, 15) is 0 Å². The van der Waals surface area contributed by atoms with Crippen molar-refractivity contribution >= 4 is 0 Å². The normalized spacial score (nSPS) is 42.4. The van der Waals surface area contributed by atoms with E-state index in [1.54, 1.807) is 0 Å². The Labute approximate surface area is 105 Å². The fourth-order valence-electron chi connectivity index (χ4n) is 4.16. The van der Waals surface area contributed by atoms with E-state index in [0.717, 1.165) is 31.0 Å². The molecule has 1 heterocycles. The van der Waals surface area contributed by atoms with Gasteiger partial charge in [-0.1, -0.05) is 25.7 Å². The Balaban J connectivity index is 1.42. The average Bonchev–Trinajstić information content (AvgIpc) is 2.89. The summed E-state index contributed by atoms with van der Waals surface area (Å²) in [5, 5.41) is 3.77. The average molecular weight is 237 g/mol. The molecule has 2 heteroatoms. The largest absolute Gasteiger partial charge is 0.377 e. The van der Waals surface area contributed by atoms with Crippen molar-refractivity contribution in [1.82, 2.24) is 5.32 Å². The Kier molecular flexibility index (Phi) is 4.02. The number of nitrogens with one attached hydrogen (secondary N) is 1. The molecule has 3 aliphatic rings.